The van der Waals surface area contributed by atoms with Crippen LogP contribution in [0.5, 0.6) is 0 Å². The average Bonchev–Trinajstić information content (AvgIpc) is 3.14. The lowest BCUT2D eigenvalue weighted by Gasteiger charge is -2.31. The molecule has 7 N–H and O–H groups in total. The van der Waals surface area contributed by atoms with Crippen molar-refractivity contribution in [3.05, 3.63) is 46.3 Å². The molecule has 7 amide bonds. The second kappa shape index (κ2) is 26.1. The number of nitrogens with zero attached hydrogens (tertiary/aromatic N) is 4. The van der Waals surface area contributed by atoms with Crippen LogP contribution in [0.15, 0.2) is 35.4 Å². The van der Waals surface area contributed by atoms with E-state index in [-0.39, 0.29) is 51.9 Å². The summed E-state index contributed by atoms with van der Waals surface area (Å²) in [6.45, 7) is 7.73. The van der Waals surface area contributed by atoms with Gasteiger partial charge in [-0.3, -0.25) is 28.9 Å². The second-order valence-electron chi connectivity index (χ2n) is 14.8. The van der Waals surface area contributed by atoms with E-state index in [9.17, 15) is 38.4 Å². The summed E-state index contributed by atoms with van der Waals surface area (Å²) in [4.78, 5) is 106. The minimum atomic E-state index is -1.60. The number of nitrogens with one attached hydrogen (secondary N) is 5. The van der Waals surface area contributed by atoms with Crippen LogP contribution < -0.4 is 32.3 Å². The number of alkyl carbamates (subject to hydrolysis) is 2. The first kappa shape index (κ1) is 50.1. The zero-order valence-electron chi connectivity index (χ0n) is 34.1. The van der Waals surface area contributed by atoms with Crippen molar-refractivity contribution in [1.29, 1.82) is 0 Å². The molecule has 0 saturated heterocycles. The Morgan fingerprint density at radius 2 is 1.34 bits per heavy atom. The summed E-state index contributed by atoms with van der Waals surface area (Å²) in [5.41, 5.74) is 13.2. The fourth-order valence-corrected chi connectivity index (χ4v) is 4.90. The lowest BCUT2D eigenvalue weighted by atomic mass is 10.0. The van der Waals surface area contributed by atoms with Crippen LogP contribution in [0, 0.1) is 0 Å². The smallest absolute Gasteiger partial charge is 0.407 e. The van der Waals surface area contributed by atoms with Gasteiger partial charge >= 0.3 is 18.2 Å². The van der Waals surface area contributed by atoms with Gasteiger partial charge in [0.2, 0.25) is 29.5 Å². The molecule has 0 saturated carbocycles. The summed E-state index contributed by atoms with van der Waals surface area (Å²) >= 11 is 0. The molecule has 0 unspecified atom stereocenters. The van der Waals surface area contributed by atoms with E-state index in [0.717, 1.165) is 5.56 Å². The molecule has 0 bridgehead atoms. The average molecular weight is 819 g/mol. The molecule has 0 aliphatic carbocycles. The molecule has 1 aromatic carbocycles. The lowest BCUT2D eigenvalue weighted by Crippen LogP contribution is -2.58. The highest BCUT2D eigenvalue weighted by molar-refractivity contribution is 6.03. The van der Waals surface area contributed by atoms with Crippen molar-refractivity contribution in [2.24, 2.45) is 10.8 Å². The van der Waals surface area contributed by atoms with Gasteiger partial charge in [-0.1, -0.05) is 35.4 Å². The summed E-state index contributed by atoms with van der Waals surface area (Å²) in [6.07, 6.45) is -0.417. The number of amides is 7. The van der Waals surface area contributed by atoms with Gasteiger partial charge in [0.1, 0.15) is 36.4 Å². The number of unbranched alkanes of at least 4 members (excludes halogenated alkanes) is 2. The lowest BCUT2D eigenvalue weighted by molar-refractivity contribution is -0.159. The molecule has 0 aliphatic rings. The normalized spacial score (nSPS) is 12.0. The van der Waals surface area contributed by atoms with Crippen LogP contribution in [0.4, 0.5) is 9.59 Å². The van der Waals surface area contributed by atoms with Gasteiger partial charge in [0.05, 0.1) is 19.6 Å². The van der Waals surface area contributed by atoms with Gasteiger partial charge in [-0.15, -0.1) is 0 Å². The molecule has 0 heterocycles. The number of imide groups is 1. The summed E-state index contributed by atoms with van der Waals surface area (Å²) < 4.78 is 16.0. The molecule has 21 nitrogen and oxygen atoms in total. The molecular formula is C37H58N10O11. The fraction of sp³-hybridized carbons (Fsp3) is 0.622. The molecule has 0 radical (unpaired) electrons. The van der Waals surface area contributed by atoms with Crippen LogP contribution in [0.3, 0.4) is 0 Å². The van der Waals surface area contributed by atoms with E-state index in [0.29, 0.717) is 17.7 Å². The van der Waals surface area contributed by atoms with Crippen molar-refractivity contribution >= 4 is 47.7 Å². The number of rotatable bonds is 23. The van der Waals surface area contributed by atoms with E-state index in [2.05, 4.69) is 36.6 Å². The van der Waals surface area contributed by atoms with Crippen molar-refractivity contribution in [3.8, 4) is 0 Å². The molecule has 1 rings (SSSR count). The van der Waals surface area contributed by atoms with Crippen LogP contribution in [0.2, 0.25) is 0 Å². The third-order valence-electron chi connectivity index (χ3n) is 7.47. The Kier molecular flexibility index (Phi) is 22.5. The van der Waals surface area contributed by atoms with Crippen LogP contribution in [-0.4, -0.2) is 115 Å². The van der Waals surface area contributed by atoms with Crippen molar-refractivity contribution in [1.82, 2.24) is 31.5 Å². The molecule has 58 heavy (non-hydrogen) atoms. The van der Waals surface area contributed by atoms with Crippen LogP contribution in [-0.2, 0) is 49.6 Å². The first-order valence-corrected chi connectivity index (χ1v) is 18.8. The Hall–Kier alpha value is -5.95. The zero-order chi connectivity index (χ0) is 43.7. The van der Waals surface area contributed by atoms with Crippen LogP contribution in [0.25, 0.3) is 10.4 Å². The number of carbonyl (C=O) groups excluding carboxylic acids is 8. The third kappa shape index (κ3) is 22.6. The van der Waals surface area contributed by atoms with E-state index in [1.165, 1.54) is 0 Å². The summed E-state index contributed by atoms with van der Waals surface area (Å²) in [5, 5.41) is 15.5. The molecular weight excluding hydrogens is 760 g/mol. The minimum Gasteiger partial charge on any atom is -0.458 e. The maximum Gasteiger partial charge on any atom is 0.407 e. The van der Waals surface area contributed by atoms with Gasteiger partial charge in [0, 0.05) is 18.0 Å². The standard InChI is InChI=1S/C37H58N10O11/c1-36(2,3)57-33(53)26(16-10-12-18-40-34(54)56-24-25-14-8-7-9-15-25)45-32(52)27(17-11-13-19-41-35(55)58-37(4,5)6)47(31(51)23-44-46-39)30(50)22-43-29(49)21-42-28(48)20-38/h7-9,14-15,26-27H,10-13,16-24,38H2,1-6H3,(H,40,54)(H,41,55)(H,42,48)(H,43,49)(H,45,52)/t26-,27-/m0/s1. The van der Waals surface area contributed by atoms with Gasteiger partial charge in [0.15, 0.2) is 0 Å². The number of hydrogen-bond donors (Lipinski definition) is 6. The molecule has 0 aromatic heterocycles. The topological polar surface area (TPSA) is 302 Å². The maximum absolute atomic E-state index is 14.1. The van der Waals surface area contributed by atoms with E-state index >= 15 is 0 Å². The number of nitrogens with two attached hydrogens (primary N) is 1. The SMILES string of the molecule is CC(C)(C)OC(=O)NCCCC[C@@H](C(=O)N[C@@H](CCCCNC(=O)OCc1ccccc1)C(=O)OC(C)(C)C)N(C(=O)CN=[N+]=[N-])C(=O)CNC(=O)CNC(=O)CN. The third-order valence-corrected chi connectivity index (χ3v) is 7.47. The zero-order valence-corrected chi connectivity index (χ0v) is 34.1. The molecule has 0 spiro atoms. The van der Waals surface area contributed by atoms with Gasteiger partial charge in [0.25, 0.3) is 0 Å². The predicted molar refractivity (Wildman–Crippen MR) is 209 cm³/mol. The number of carbonyl (C=O) groups is 8. The number of benzene rings is 1. The minimum absolute atomic E-state index is 0.0269. The van der Waals surface area contributed by atoms with E-state index < -0.39 is 90.6 Å². The fourth-order valence-electron chi connectivity index (χ4n) is 4.90. The number of azide groups is 1. The van der Waals surface area contributed by atoms with Crippen LogP contribution in [0.1, 0.15) is 85.6 Å². The van der Waals surface area contributed by atoms with Gasteiger partial charge in [-0.05, 0) is 91.2 Å². The molecule has 1 aromatic rings. The molecule has 0 aliphatic heterocycles. The Balaban J connectivity index is 3.24. The second-order valence-corrected chi connectivity index (χ2v) is 14.8. The Morgan fingerprint density at radius 3 is 1.93 bits per heavy atom. The molecule has 0 fully saturated rings. The first-order chi connectivity index (χ1) is 27.3. The number of ether oxygens (including phenoxy) is 3. The van der Waals surface area contributed by atoms with Gasteiger partial charge in [-0.2, -0.15) is 0 Å². The first-order valence-electron chi connectivity index (χ1n) is 18.8. The summed E-state index contributed by atoms with van der Waals surface area (Å²) in [6, 6.07) is 6.21. The van der Waals surface area contributed by atoms with Crippen molar-refractivity contribution < 1.29 is 52.6 Å². The monoisotopic (exact) mass is 818 g/mol. The van der Waals surface area contributed by atoms with Gasteiger partial charge < -0.3 is 46.5 Å². The van der Waals surface area contributed by atoms with Crippen LogP contribution >= 0.6 is 0 Å². The summed E-state index contributed by atoms with van der Waals surface area (Å²) in [5.74, 6) is -5.34. The highest BCUT2D eigenvalue weighted by Crippen LogP contribution is 2.16. The highest BCUT2D eigenvalue weighted by Gasteiger charge is 2.37. The highest BCUT2D eigenvalue weighted by atomic mass is 16.6. The molecule has 2 atom stereocenters. The number of hydrogen-bond acceptors (Lipinski definition) is 13. The quantitative estimate of drug-likeness (QED) is 0.0230. The van der Waals surface area contributed by atoms with Crippen molar-refractivity contribution in [3.63, 3.8) is 0 Å². The van der Waals surface area contributed by atoms with Crippen molar-refractivity contribution in [2.45, 2.75) is 110 Å². The van der Waals surface area contributed by atoms with E-state index in [4.69, 9.17) is 25.5 Å². The Labute approximate surface area is 337 Å². The Morgan fingerprint density at radius 1 is 0.759 bits per heavy atom. The largest absolute Gasteiger partial charge is 0.458 e. The number of esters is 1. The molecule has 322 valence electrons. The van der Waals surface area contributed by atoms with Gasteiger partial charge in [-0.25, -0.2) is 14.4 Å². The van der Waals surface area contributed by atoms with Crippen molar-refractivity contribution in [2.75, 3.05) is 39.3 Å². The maximum atomic E-state index is 14.1. The van der Waals surface area contributed by atoms with E-state index in [1.54, 1.807) is 41.5 Å². The predicted octanol–water partition coefficient (Wildman–Crippen LogP) is 1.83. The summed E-state index contributed by atoms with van der Waals surface area (Å²) in [7, 11) is 0. The Bertz CT molecular complexity index is 1590. The molecule has 21 heteroatoms. The van der Waals surface area contributed by atoms with E-state index in [1.807, 2.05) is 30.3 Å².